The monoisotopic (exact) mass is 351 g/mol. The number of rotatable bonds is 0. The van der Waals surface area contributed by atoms with Gasteiger partial charge in [-0.2, -0.15) is 13.3 Å². The predicted molar refractivity (Wildman–Crippen MR) is 37.4 cm³/mol. The molecule has 1 N–H and O–H groups in total. The molecule has 0 atom stereocenters. The van der Waals surface area contributed by atoms with Crippen LogP contribution in [0.5, 0.6) is 0 Å². The van der Waals surface area contributed by atoms with Gasteiger partial charge in [0.2, 0.25) is 0 Å². The van der Waals surface area contributed by atoms with E-state index in [4.69, 9.17) is 0 Å². The first-order valence-electron chi connectivity index (χ1n) is 3.23. The Bertz CT molecular complexity index is 24.4. The van der Waals surface area contributed by atoms with Gasteiger partial charge in [-0.3, -0.25) is 0 Å². The van der Waals surface area contributed by atoms with E-state index in [1.54, 1.807) is 6.92 Å². The molecule has 0 aromatic heterocycles. The molecule has 0 aromatic rings. The van der Waals surface area contributed by atoms with Crippen LogP contribution in [-0.4, -0.2) is 13.1 Å². The van der Waals surface area contributed by atoms with Crippen LogP contribution in [0, 0.1) is 44.5 Å². The molecule has 0 radical (unpaired) electrons. The van der Waals surface area contributed by atoms with Gasteiger partial charge in [0.15, 0.2) is 0 Å². The van der Waals surface area contributed by atoms with Gasteiger partial charge in [-0.05, 0) is 6.54 Å². The summed E-state index contributed by atoms with van der Waals surface area (Å²) in [5, 5.41) is 3.23. The fraction of sp³-hybridized carbons (Fsp3) is 0.714. The molecule has 0 saturated carbocycles. The van der Waals surface area contributed by atoms with Gasteiger partial charge in [0.05, 0.1) is 0 Å². The Kier molecular flexibility index (Phi) is 16.6. The van der Waals surface area contributed by atoms with Gasteiger partial charge in [-0.25, -0.2) is 0 Å². The largest absolute Gasteiger partial charge is 2.00 e. The molecule has 0 amide bonds. The van der Waals surface area contributed by atoms with E-state index in [0.29, 0.717) is 0 Å². The maximum absolute atomic E-state index is 3.25. The van der Waals surface area contributed by atoms with E-state index in [2.05, 4.69) is 18.7 Å². The van der Waals surface area contributed by atoms with Crippen LogP contribution in [0.25, 0.3) is 0 Å². The molecule has 1 aliphatic rings. The van der Waals surface area contributed by atoms with Crippen LogP contribution in [0.3, 0.4) is 0 Å². The van der Waals surface area contributed by atoms with E-state index >= 15 is 0 Å². The van der Waals surface area contributed by atoms with E-state index < -0.39 is 0 Å². The molecule has 1 rings (SSSR count). The Labute approximate surface area is 82.4 Å². The normalized spacial score (nSPS) is 16.7. The second kappa shape index (κ2) is 11.8. The third kappa shape index (κ3) is 9.01. The fourth-order valence-electron chi connectivity index (χ4n) is 0.678. The zero-order chi connectivity index (χ0) is 6.24. The SMILES string of the molecule is [CH-]1CCCNC1.[CH2-]C.[U+2]. The van der Waals surface area contributed by atoms with Crippen molar-refractivity contribution in [1.82, 2.24) is 5.32 Å². The second-order valence-corrected chi connectivity index (χ2v) is 1.64. The third-order valence-electron chi connectivity index (χ3n) is 1.05. The van der Waals surface area contributed by atoms with E-state index in [9.17, 15) is 0 Å². The smallest absolute Gasteiger partial charge is 0.346 e. The summed E-state index contributed by atoms with van der Waals surface area (Å²) in [5.41, 5.74) is 0. The van der Waals surface area contributed by atoms with Crippen LogP contribution in [0.2, 0.25) is 0 Å². The molecule has 0 spiro atoms. The first-order valence-corrected chi connectivity index (χ1v) is 3.23. The molecule has 1 saturated heterocycles. The maximum Gasteiger partial charge on any atom is 2.00 e. The quantitative estimate of drug-likeness (QED) is 0.651. The second-order valence-electron chi connectivity index (χ2n) is 1.64. The van der Waals surface area contributed by atoms with E-state index in [1.165, 1.54) is 19.4 Å². The topological polar surface area (TPSA) is 12.0 Å². The minimum atomic E-state index is 0. The van der Waals surface area contributed by atoms with Crippen molar-refractivity contribution in [3.63, 3.8) is 0 Å². The summed E-state index contributed by atoms with van der Waals surface area (Å²) >= 11 is 0. The number of hydrogen-bond acceptors (Lipinski definition) is 1. The van der Waals surface area contributed by atoms with Gasteiger partial charge >= 0.3 is 31.1 Å². The molecule has 52 valence electrons. The van der Waals surface area contributed by atoms with Crippen molar-refractivity contribution in [1.29, 1.82) is 0 Å². The van der Waals surface area contributed by atoms with Crippen LogP contribution in [0.4, 0.5) is 0 Å². The number of piperidine rings is 1. The summed E-state index contributed by atoms with van der Waals surface area (Å²) < 4.78 is 0. The Morgan fingerprint density at radius 1 is 1.44 bits per heavy atom. The molecule has 2 heteroatoms. The third-order valence-corrected chi connectivity index (χ3v) is 1.05. The van der Waals surface area contributed by atoms with Crippen LogP contribution in [0.1, 0.15) is 19.8 Å². The van der Waals surface area contributed by atoms with E-state index in [-0.39, 0.29) is 31.1 Å². The van der Waals surface area contributed by atoms with Crippen LogP contribution < -0.4 is 5.32 Å². The molecular weight excluding hydrogens is 336 g/mol. The van der Waals surface area contributed by atoms with E-state index in [1.807, 2.05) is 0 Å². The molecule has 1 nitrogen and oxygen atoms in total. The van der Waals surface area contributed by atoms with Crippen molar-refractivity contribution in [2.45, 2.75) is 19.8 Å². The van der Waals surface area contributed by atoms with E-state index in [0.717, 1.165) is 6.54 Å². The molecule has 0 aliphatic carbocycles. The number of nitrogens with one attached hydrogen (secondary N) is 1. The predicted octanol–water partition coefficient (Wildman–Crippen LogP) is 1.41. The summed E-state index contributed by atoms with van der Waals surface area (Å²) in [5.74, 6) is 0. The Balaban J connectivity index is 0. The van der Waals surface area contributed by atoms with Gasteiger partial charge < -0.3 is 18.7 Å². The van der Waals surface area contributed by atoms with Gasteiger partial charge in [-0.1, -0.05) is 6.42 Å². The van der Waals surface area contributed by atoms with Crippen LogP contribution in [-0.2, 0) is 0 Å². The van der Waals surface area contributed by atoms with Gasteiger partial charge in [0.1, 0.15) is 0 Å². The van der Waals surface area contributed by atoms with Crippen molar-refractivity contribution in [2.75, 3.05) is 13.1 Å². The molecule has 1 heterocycles. The van der Waals surface area contributed by atoms with Gasteiger partial charge in [0.25, 0.3) is 0 Å². The molecule has 0 unspecified atom stereocenters. The number of hydrogen-bond donors (Lipinski definition) is 1. The Morgan fingerprint density at radius 2 is 2.11 bits per heavy atom. The molecule has 1 fully saturated rings. The first kappa shape index (κ1) is 12.7. The summed E-state index contributed by atoms with van der Waals surface area (Å²) in [6.07, 6.45) is 4.93. The molecule has 0 bridgehead atoms. The average molecular weight is 351 g/mol. The van der Waals surface area contributed by atoms with Crippen molar-refractivity contribution in [2.24, 2.45) is 0 Å². The van der Waals surface area contributed by atoms with Gasteiger partial charge in [0, 0.05) is 0 Å². The average Bonchev–Trinajstić information content (AvgIpc) is 1.96. The Morgan fingerprint density at radius 3 is 2.22 bits per heavy atom. The van der Waals surface area contributed by atoms with Gasteiger partial charge in [-0.15, -0.1) is 6.54 Å². The minimum absolute atomic E-state index is 0. The summed E-state index contributed by atoms with van der Waals surface area (Å²) in [7, 11) is 0. The van der Waals surface area contributed by atoms with Crippen molar-refractivity contribution >= 4 is 0 Å². The maximum atomic E-state index is 3.25. The van der Waals surface area contributed by atoms with Crippen LogP contribution >= 0.6 is 0 Å². The minimum Gasteiger partial charge on any atom is -0.346 e. The zero-order valence-electron chi connectivity index (χ0n) is 6.11. The summed E-state index contributed by atoms with van der Waals surface area (Å²) in [6.45, 7) is 7.34. The fourth-order valence-corrected chi connectivity index (χ4v) is 0.678. The first-order chi connectivity index (χ1) is 4.00. The summed E-state index contributed by atoms with van der Waals surface area (Å²) in [6, 6.07) is 0. The zero-order valence-corrected chi connectivity index (χ0v) is 10.3. The molecular formula is C7H15NU. The molecule has 0 aromatic carbocycles. The van der Waals surface area contributed by atoms with Crippen LogP contribution in [0.15, 0.2) is 0 Å². The van der Waals surface area contributed by atoms with Crippen molar-refractivity contribution < 1.29 is 31.1 Å². The van der Waals surface area contributed by atoms with Crippen molar-refractivity contribution in [3.8, 4) is 0 Å². The molecule has 9 heavy (non-hydrogen) atoms. The summed E-state index contributed by atoms with van der Waals surface area (Å²) in [4.78, 5) is 0. The standard InChI is InChI=1S/C5H10N.C2H5.U/c1-2-4-6-5-3-1;1-2;/h2,6H,1,3-5H2;1H2,2H3;/q2*-1;+2. The molecule has 1 aliphatic heterocycles. The van der Waals surface area contributed by atoms with Crippen molar-refractivity contribution in [3.05, 3.63) is 13.3 Å². The Hall–Kier alpha value is 1.01.